The summed E-state index contributed by atoms with van der Waals surface area (Å²) < 4.78 is 2.83. The SMILES string of the molecule is CC(N)[Se]NC(CS)C(=O)O. The molecular formula is C5H12N2O2SSe. The summed E-state index contributed by atoms with van der Waals surface area (Å²) in [7, 11) is 0. The molecule has 6 heteroatoms. The van der Waals surface area contributed by atoms with Crippen molar-refractivity contribution in [2.75, 3.05) is 5.75 Å². The second-order valence-electron chi connectivity index (χ2n) is 2.01. The molecule has 0 aromatic heterocycles. The fourth-order valence-electron chi connectivity index (χ4n) is 0.355. The quantitative estimate of drug-likeness (QED) is 0.364. The zero-order valence-corrected chi connectivity index (χ0v) is 8.76. The molecule has 0 fully saturated rings. The number of nitrogens with one attached hydrogen (secondary N) is 1. The number of carboxylic acid groups (broad SMARTS) is 1. The average molecular weight is 243 g/mol. The van der Waals surface area contributed by atoms with Crippen molar-refractivity contribution >= 4 is 33.8 Å². The molecule has 4 N–H and O–H groups in total. The molecule has 0 saturated carbocycles. The maximum atomic E-state index is 10.4. The molecule has 0 saturated heterocycles. The third-order valence-electron chi connectivity index (χ3n) is 0.877. The van der Waals surface area contributed by atoms with Crippen LogP contribution in [0.5, 0.6) is 0 Å². The van der Waals surface area contributed by atoms with Crippen molar-refractivity contribution < 1.29 is 9.90 Å². The van der Waals surface area contributed by atoms with Crippen LogP contribution in [-0.2, 0) is 4.79 Å². The maximum absolute atomic E-state index is 10.4. The standard InChI is InChI=1S/C5H12N2O2SSe/c1-3(6)11-7-4(2-10)5(8)9/h3-4,7,10H,2,6H2,1H3,(H,8,9). The van der Waals surface area contributed by atoms with E-state index in [4.69, 9.17) is 10.8 Å². The van der Waals surface area contributed by atoms with Gasteiger partial charge in [-0.1, -0.05) is 0 Å². The molecule has 0 aliphatic rings. The van der Waals surface area contributed by atoms with Gasteiger partial charge >= 0.3 is 77.4 Å². The van der Waals surface area contributed by atoms with E-state index in [1.165, 1.54) is 0 Å². The van der Waals surface area contributed by atoms with Gasteiger partial charge in [0, 0.05) is 0 Å². The molecule has 11 heavy (non-hydrogen) atoms. The van der Waals surface area contributed by atoms with Crippen LogP contribution >= 0.6 is 12.6 Å². The first kappa shape index (κ1) is 11.3. The normalized spacial score (nSPS) is 15.9. The first-order valence-corrected chi connectivity index (χ1v) is 5.56. The number of aliphatic carboxylic acids is 1. The van der Waals surface area contributed by atoms with E-state index in [0.717, 1.165) is 0 Å². The summed E-state index contributed by atoms with van der Waals surface area (Å²) >= 11 is 3.86. The van der Waals surface area contributed by atoms with Crippen LogP contribution in [0.1, 0.15) is 6.92 Å². The molecule has 0 radical (unpaired) electrons. The van der Waals surface area contributed by atoms with Crippen LogP contribution < -0.4 is 10.1 Å². The summed E-state index contributed by atoms with van der Waals surface area (Å²) in [6.45, 7) is 1.84. The summed E-state index contributed by atoms with van der Waals surface area (Å²) in [5, 5.41) is 8.54. The summed E-state index contributed by atoms with van der Waals surface area (Å²) in [5.74, 6) is -0.577. The molecular weight excluding hydrogens is 231 g/mol. The van der Waals surface area contributed by atoms with Crippen LogP contribution in [0.25, 0.3) is 0 Å². The Kier molecular flexibility index (Phi) is 5.99. The van der Waals surface area contributed by atoms with Gasteiger partial charge in [-0.3, -0.25) is 0 Å². The van der Waals surface area contributed by atoms with Crippen LogP contribution in [-0.4, -0.2) is 43.0 Å². The van der Waals surface area contributed by atoms with Gasteiger partial charge < -0.3 is 0 Å². The van der Waals surface area contributed by atoms with E-state index in [0.29, 0.717) is 5.75 Å². The van der Waals surface area contributed by atoms with Crippen molar-refractivity contribution in [3.8, 4) is 0 Å². The number of thiol groups is 1. The molecule has 2 atom stereocenters. The summed E-state index contributed by atoms with van der Waals surface area (Å²) in [5.41, 5.74) is 5.44. The van der Waals surface area contributed by atoms with Gasteiger partial charge in [-0.25, -0.2) is 0 Å². The Hall–Kier alpha value is 0.259. The number of carboxylic acids is 1. The van der Waals surface area contributed by atoms with Crippen molar-refractivity contribution in [2.45, 2.75) is 17.9 Å². The monoisotopic (exact) mass is 244 g/mol. The predicted octanol–water partition coefficient (Wildman–Crippen LogP) is -1.12. The van der Waals surface area contributed by atoms with Gasteiger partial charge in [-0.15, -0.1) is 0 Å². The minimum absolute atomic E-state index is 0.0220. The second-order valence-corrected chi connectivity index (χ2v) is 4.93. The predicted molar refractivity (Wildman–Crippen MR) is 47.8 cm³/mol. The number of rotatable bonds is 5. The molecule has 0 aliphatic carbocycles. The van der Waals surface area contributed by atoms with E-state index in [1.54, 1.807) is 0 Å². The molecule has 0 spiro atoms. The fourth-order valence-corrected chi connectivity index (χ4v) is 2.06. The van der Waals surface area contributed by atoms with E-state index >= 15 is 0 Å². The number of carbonyl (C=O) groups is 1. The Morgan fingerprint density at radius 3 is 2.73 bits per heavy atom. The third-order valence-corrected chi connectivity index (χ3v) is 2.90. The van der Waals surface area contributed by atoms with Crippen molar-refractivity contribution in [1.82, 2.24) is 4.33 Å². The Labute approximate surface area is 77.7 Å². The zero-order valence-electron chi connectivity index (χ0n) is 6.15. The molecule has 0 rings (SSSR count). The van der Waals surface area contributed by atoms with Gasteiger partial charge in [0.05, 0.1) is 0 Å². The van der Waals surface area contributed by atoms with Crippen LogP contribution in [0.15, 0.2) is 0 Å². The Bertz CT molecular complexity index is 134. The van der Waals surface area contributed by atoms with E-state index in [-0.39, 0.29) is 20.1 Å². The second kappa shape index (κ2) is 5.85. The van der Waals surface area contributed by atoms with Crippen molar-refractivity contribution in [1.29, 1.82) is 0 Å². The molecule has 0 aromatic carbocycles. The van der Waals surface area contributed by atoms with E-state index in [1.807, 2.05) is 6.92 Å². The molecule has 0 bridgehead atoms. The van der Waals surface area contributed by atoms with Crippen molar-refractivity contribution in [2.24, 2.45) is 5.73 Å². The molecule has 0 aliphatic heterocycles. The van der Waals surface area contributed by atoms with E-state index in [9.17, 15) is 4.79 Å². The van der Waals surface area contributed by atoms with E-state index < -0.39 is 12.0 Å². The van der Waals surface area contributed by atoms with Crippen LogP contribution in [0, 0.1) is 0 Å². The summed E-state index contributed by atoms with van der Waals surface area (Å²) in [4.78, 5) is 10.4. The first-order valence-electron chi connectivity index (χ1n) is 3.08. The molecule has 4 nitrogen and oxygen atoms in total. The topological polar surface area (TPSA) is 75.3 Å². The summed E-state index contributed by atoms with van der Waals surface area (Å²) in [6, 6.07) is -0.565. The van der Waals surface area contributed by atoms with Gasteiger partial charge in [0.15, 0.2) is 0 Å². The fraction of sp³-hybridized carbons (Fsp3) is 0.800. The van der Waals surface area contributed by atoms with Crippen molar-refractivity contribution in [3.05, 3.63) is 0 Å². The van der Waals surface area contributed by atoms with Gasteiger partial charge in [0.1, 0.15) is 0 Å². The summed E-state index contributed by atoms with van der Waals surface area (Å²) in [6.07, 6.45) is 0. The van der Waals surface area contributed by atoms with Gasteiger partial charge in [-0.2, -0.15) is 0 Å². The molecule has 0 aromatic rings. The minimum atomic E-state index is -0.873. The molecule has 0 amide bonds. The Morgan fingerprint density at radius 1 is 1.91 bits per heavy atom. The number of nitrogens with two attached hydrogens (primary N) is 1. The van der Waals surface area contributed by atoms with E-state index in [2.05, 4.69) is 17.0 Å². The van der Waals surface area contributed by atoms with Crippen LogP contribution in [0.3, 0.4) is 0 Å². The van der Waals surface area contributed by atoms with Crippen molar-refractivity contribution in [3.63, 3.8) is 0 Å². The first-order chi connectivity index (χ1) is 5.07. The molecule has 0 heterocycles. The Morgan fingerprint density at radius 2 is 2.45 bits per heavy atom. The number of hydrogen-bond acceptors (Lipinski definition) is 4. The molecule has 2 unspecified atom stereocenters. The third kappa shape index (κ3) is 5.52. The van der Waals surface area contributed by atoms with Gasteiger partial charge in [0.2, 0.25) is 0 Å². The van der Waals surface area contributed by atoms with Gasteiger partial charge in [-0.05, 0) is 0 Å². The van der Waals surface area contributed by atoms with Crippen LogP contribution in [0.4, 0.5) is 0 Å². The van der Waals surface area contributed by atoms with Gasteiger partial charge in [0.25, 0.3) is 0 Å². The van der Waals surface area contributed by atoms with Crippen LogP contribution in [0.2, 0.25) is 0 Å². The Balaban J connectivity index is 3.61. The zero-order chi connectivity index (χ0) is 8.85. The average Bonchev–Trinajstić information content (AvgIpc) is 1.87. The number of hydrogen-bond donors (Lipinski definition) is 4. The molecule has 66 valence electrons.